The molecule has 1 amide bonds. The number of thiazole rings is 1. The molecule has 0 aromatic carbocycles. The second-order valence-electron chi connectivity index (χ2n) is 4.53. The van der Waals surface area contributed by atoms with E-state index >= 15 is 0 Å². The number of carbonyl (C=O) groups is 1. The maximum Gasteiger partial charge on any atom is 0.238 e. The number of aryl methyl sites for hydroxylation is 2. The quantitative estimate of drug-likeness (QED) is 0.893. The predicted molar refractivity (Wildman–Crippen MR) is 71.3 cm³/mol. The Hall–Kier alpha value is -0.940. The van der Waals surface area contributed by atoms with Crippen LogP contribution in [-0.2, 0) is 4.79 Å². The molecule has 2 unspecified atom stereocenters. The number of likely N-dealkylation sites (N-methyl/N-ethyl adjacent to an activating group) is 1. The number of hydrogen-bond acceptors (Lipinski definition) is 4. The minimum atomic E-state index is -0.179. The number of amides is 1. The first kappa shape index (κ1) is 14.1. The van der Waals surface area contributed by atoms with Gasteiger partial charge in [0, 0.05) is 25.0 Å². The fourth-order valence-electron chi connectivity index (χ4n) is 1.86. The average molecular weight is 255 g/mol. The zero-order valence-corrected chi connectivity index (χ0v) is 12.2. The lowest BCUT2D eigenvalue weighted by atomic mass is 10.2. The largest absolute Gasteiger partial charge is 0.347 e. The van der Waals surface area contributed by atoms with Gasteiger partial charge in [0.05, 0.1) is 16.7 Å². The lowest BCUT2D eigenvalue weighted by Gasteiger charge is -2.21. The summed E-state index contributed by atoms with van der Waals surface area (Å²) in [6.07, 6.45) is 0. The molecule has 0 aliphatic rings. The van der Waals surface area contributed by atoms with Crippen LogP contribution in [0, 0.1) is 13.8 Å². The molecule has 17 heavy (non-hydrogen) atoms. The van der Waals surface area contributed by atoms with Crippen LogP contribution in [0.2, 0.25) is 0 Å². The Morgan fingerprint density at radius 2 is 1.94 bits per heavy atom. The first-order chi connectivity index (χ1) is 7.82. The minimum Gasteiger partial charge on any atom is -0.347 e. The summed E-state index contributed by atoms with van der Waals surface area (Å²) in [6, 6.07) is -0.0260. The predicted octanol–water partition coefficient (Wildman–Crippen LogP) is 1.89. The summed E-state index contributed by atoms with van der Waals surface area (Å²) in [5.74, 6) is 0.0933. The topological polar surface area (TPSA) is 45.2 Å². The monoisotopic (exact) mass is 255 g/mol. The fourth-order valence-corrected chi connectivity index (χ4v) is 2.80. The number of carbonyl (C=O) groups excluding carboxylic acids is 1. The van der Waals surface area contributed by atoms with Gasteiger partial charge in [0.25, 0.3) is 0 Å². The van der Waals surface area contributed by atoms with Crippen molar-refractivity contribution in [3.63, 3.8) is 0 Å². The Labute approximate surface area is 107 Å². The van der Waals surface area contributed by atoms with Crippen molar-refractivity contribution in [2.75, 3.05) is 14.1 Å². The molecule has 0 bridgehead atoms. The molecule has 5 heteroatoms. The van der Waals surface area contributed by atoms with E-state index in [-0.39, 0.29) is 18.0 Å². The molecule has 0 spiro atoms. The number of nitrogens with zero attached hydrogens (tertiary/aromatic N) is 2. The average Bonchev–Trinajstić information content (AvgIpc) is 2.56. The molecule has 0 aliphatic carbocycles. The van der Waals surface area contributed by atoms with Crippen molar-refractivity contribution in [2.45, 2.75) is 39.8 Å². The third-order valence-corrected chi connectivity index (χ3v) is 3.90. The number of rotatable bonds is 4. The van der Waals surface area contributed by atoms with Crippen molar-refractivity contribution in [2.24, 2.45) is 0 Å². The van der Waals surface area contributed by atoms with Gasteiger partial charge in [0.2, 0.25) is 5.91 Å². The summed E-state index contributed by atoms with van der Waals surface area (Å²) >= 11 is 1.69. The van der Waals surface area contributed by atoms with E-state index in [0.717, 1.165) is 10.7 Å². The van der Waals surface area contributed by atoms with Gasteiger partial charge in [0.1, 0.15) is 0 Å². The number of hydrogen-bond donors (Lipinski definition) is 1. The maximum atomic E-state index is 11.8. The van der Waals surface area contributed by atoms with E-state index in [9.17, 15) is 4.79 Å². The molecule has 1 rings (SSSR count). The van der Waals surface area contributed by atoms with Gasteiger partial charge in [-0.05, 0) is 27.7 Å². The number of nitrogens with one attached hydrogen (secondary N) is 1. The van der Waals surface area contributed by atoms with Gasteiger partial charge in [-0.2, -0.15) is 0 Å². The molecular weight excluding hydrogens is 234 g/mol. The van der Waals surface area contributed by atoms with Crippen molar-refractivity contribution < 1.29 is 4.79 Å². The highest BCUT2D eigenvalue weighted by atomic mass is 32.1. The fraction of sp³-hybridized carbons (Fsp3) is 0.667. The smallest absolute Gasteiger partial charge is 0.238 e. The summed E-state index contributed by atoms with van der Waals surface area (Å²) in [6.45, 7) is 7.97. The summed E-state index contributed by atoms with van der Waals surface area (Å²) in [5.41, 5.74) is 1.05. The highest BCUT2D eigenvalue weighted by Gasteiger charge is 2.20. The maximum absolute atomic E-state index is 11.8. The van der Waals surface area contributed by atoms with Crippen LogP contribution >= 0.6 is 11.3 Å². The second-order valence-corrected chi connectivity index (χ2v) is 5.76. The molecular formula is C12H21N3OS. The second kappa shape index (κ2) is 5.60. The van der Waals surface area contributed by atoms with Gasteiger partial charge in [-0.15, -0.1) is 11.3 Å². The van der Waals surface area contributed by atoms with Crippen molar-refractivity contribution in [1.82, 2.24) is 15.2 Å². The third kappa shape index (κ3) is 3.51. The molecule has 96 valence electrons. The lowest BCUT2D eigenvalue weighted by molar-refractivity contribution is -0.130. The van der Waals surface area contributed by atoms with Crippen LogP contribution in [0.3, 0.4) is 0 Å². The first-order valence-electron chi connectivity index (χ1n) is 5.74. The minimum absolute atomic E-state index is 0.0933. The molecule has 4 nitrogen and oxygen atoms in total. The molecule has 1 N–H and O–H groups in total. The highest BCUT2D eigenvalue weighted by Crippen LogP contribution is 2.24. The van der Waals surface area contributed by atoms with Gasteiger partial charge in [-0.1, -0.05) is 0 Å². The van der Waals surface area contributed by atoms with Crippen LogP contribution in [0.25, 0.3) is 0 Å². The molecule has 0 radical (unpaired) electrons. The van der Waals surface area contributed by atoms with Crippen molar-refractivity contribution in [3.8, 4) is 0 Å². The van der Waals surface area contributed by atoms with Crippen LogP contribution in [0.5, 0.6) is 0 Å². The zero-order valence-electron chi connectivity index (χ0n) is 11.4. The van der Waals surface area contributed by atoms with E-state index in [1.807, 2.05) is 20.8 Å². The van der Waals surface area contributed by atoms with Crippen LogP contribution in [0.15, 0.2) is 0 Å². The van der Waals surface area contributed by atoms with Gasteiger partial charge in [-0.25, -0.2) is 4.98 Å². The Kier molecular flexibility index (Phi) is 4.65. The summed E-state index contributed by atoms with van der Waals surface area (Å²) in [7, 11) is 3.54. The first-order valence-corrected chi connectivity index (χ1v) is 6.55. The highest BCUT2D eigenvalue weighted by molar-refractivity contribution is 7.11. The van der Waals surface area contributed by atoms with Crippen LogP contribution in [-0.4, -0.2) is 35.9 Å². The zero-order chi connectivity index (χ0) is 13.2. The Balaban J connectivity index is 2.69. The lowest BCUT2D eigenvalue weighted by Crippen LogP contribution is -2.42. The van der Waals surface area contributed by atoms with Gasteiger partial charge < -0.3 is 4.90 Å². The summed E-state index contributed by atoms with van der Waals surface area (Å²) in [4.78, 5) is 19.0. The van der Waals surface area contributed by atoms with Gasteiger partial charge in [0.15, 0.2) is 0 Å². The van der Waals surface area contributed by atoms with E-state index in [0.29, 0.717) is 0 Å². The van der Waals surface area contributed by atoms with E-state index < -0.39 is 0 Å². The van der Waals surface area contributed by atoms with Crippen LogP contribution in [0.4, 0.5) is 0 Å². The van der Waals surface area contributed by atoms with Crippen LogP contribution < -0.4 is 5.32 Å². The molecule has 1 aromatic heterocycles. The van der Waals surface area contributed by atoms with Gasteiger partial charge >= 0.3 is 0 Å². The van der Waals surface area contributed by atoms with E-state index in [1.54, 1.807) is 30.3 Å². The van der Waals surface area contributed by atoms with Crippen molar-refractivity contribution in [1.29, 1.82) is 0 Å². The normalized spacial score (nSPS) is 14.5. The standard InChI is InChI=1S/C12H21N3OS/c1-7(11-8(2)14-10(4)17-11)13-9(3)12(16)15(5)6/h7,9,13H,1-6H3. The van der Waals surface area contributed by atoms with E-state index in [4.69, 9.17) is 0 Å². The van der Waals surface area contributed by atoms with Crippen molar-refractivity contribution >= 4 is 17.2 Å². The SMILES string of the molecule is Cc1nc(C)c(C(C)NC(C)C(=O)N(C)C)s1. The molecule has 0 saturated carbocycles. The van der Waals surface area contributed by atoms with Crippen molar-refractivity contribution in [3.05, 3.63) is 15.6 Å². The Morgan fingerprint density at radius 3 is 2.35 bits per heavy atom. The molecule has 0 aliphatic heterocycles. The Bertz CT molecular complexity index is 400. The van der Waals surface area contributed by atoms with E-state index in [2.05, 4.69) is 17.2 Å². The third-order valence-electron chi connectivity index (χ3n) is 2.64. The van der Waals surface area contributed by atoms with Gasteiger partial charge in [-0.3, -0.25) is 10.1 Å². The van der Waals surface area contributed by atoms with Crippen LogP contribution in [0.1, 0.15) is 35.5 Å². The number of aromatic nitrogens is 1. The molecule has 2 atom stereocenters. The molecule has 1 aromatic rings. The summed E-state index contributed by atoms with van der Waals surface area (Å²) < 4.78 is 0. The molecule has 0 saturated heterocycles. The molecule has 1 heterocycles. The Morgan fingerprint density at radius 1 is 1.35 bits per heavy atom. The van der Waals surface area contributed by atoms with E-state index in [1.165, 1.54) is 4.88 Å². The molecule has 0 fully saturated rings. The summed E-state index contributed by atoms with van der Waals surface area (Å²) in [5, 5.41) is 4.38.